The third kappa shape index (κ3) is 5.16. The molecule has 0 saturated heterocycles. The second-order valence-corrected chi connectivity index (χ2v) is 5.99. The van der Waals surface area contributed by atoms with E-state index in [9.17, 15) is 18.0 Å². The molecular weight excluding hydrogens is 296 g/mol. The largest absolute Gasteiger partial charge is 0.481 e. The number of primary sulfonamides is 1. The molecule has 1 aromatic rings. The number of rotatable bonds is 8. The summed E-state index contributed by atoms with van der Waals surface area (Å²) in [6, 6.07) is 4.21. The number of Topliss-reactive ketones (excluding diaryl/α,β-unsaturated/α-hetero) is 1. The lowest BCUT2D eigenvalue weighted by atomic mass is 10.1. The van der Waals surface area contributed by atoms with Crippen molar-refractivity contribution in [3.05, 3.63) is 23.8 Å². The number of nitrogens with two attached hydrogens (primary N) is 1. The smallest absolute Gasteiger partial charge is 0.303 e. The number of carbonyl (C=O) groups excluding carboxylic acids is 1. The molecule has 116 valence electrons. The van der Waals surface area contributed by atoms with Gasteiger partial charge in [0, 0.05) is 24.9 Å². The molecule has 0 radical (unpaired) electrons. The number of carbonyl (C=O) groups is 2. The van der Waals surface area contributed by atoms with E-state index < -0.39 is 16.0 Å². The van der Waals surface area contributed by atoms with Crippen molar-refractivity contribution in [3.8, 4) is 0 Å². The fourth-order valence-electron chi connectivity index (χ4n) is 1.74. The highest BCUT2D eigenvalue weighted by atomic mass is 32.2. The summed E-state index contributed by atoms with van der Waals surface area (Å²) in [5.74, 6) is -1.11. The zero-order valence-corrected chi connectivity index (χ0v) is 12.4. The minimum Gasteiger partial charge on any atom is -0.481 e. The maximum Gasteiger partial charge on any atom is 0.303 e. The van der Waals surface area contributed by atoms with Crippen molar-refractivity contribution < 1.29 is 23.1 Å². The SMILES string of the molecule is CCC(=O)c1ccc(NCCCC(=O)O)c(S(N)(=O)=O)c1. The van der Waals surface area contributed by atoms with Crippen molar-refractivity contribution in [1.82, 2.24) is 0 Å². The summed E-state index contributed by atoms with van der Waals surface area (Å²) in [6.45, 7) is 1.97. The average molecular weight is 314 g/mol. The van der Waals surface area contributed by atoms with E-state index in [2.05, 4.69) is 5.32 Å². The highest BCUT2D eigenvalue weighted by Gasteiger charge is 2.16. The van der Waals surface area contributed by atoms with Crippen molar-refractivity contribution in [2.24, 2.45) is 5.14 Å². The van der Waals surface area contributed by atoms with Gasteiger partial charge in [-0.3, -0.25) is 9.59 Å². The van der Waals surface area contributed by atoms with Gasteiger partial charge in [-0.1, -0.05) is 6.92 Å². The van der Waals surface area contributed by atoms with E-state index in [1.165, 1.54) is 18.2 Å². The Hall–Kier alpha value is -1.93. The van der Waals surface area contributed by atoms with Gasteiger partial charge < -0.3 is 10.4 Å². The number of nitrogens with one attached hydrogen (secondary N) is 1. The number of hydrogen-bond donors (Lipinski definition) is 3. The first kappa shape index (κ1) is 17.1. The molecule has 0 spiro atoms. The van der Waals surface area contributed by atoms with Crippen LogP contribution in [0.3, 0.4) is 0 Å². The molecule has 0 aliphatic rings. The zero-order valence-electron chi connectivity index (χ0n) is 11.6. The van der Waals surface area contributed by atoms with E-state index in [4.69, 9.17) is 10.2 Å². The van der Waals surface area contributed by atoms with Gasteiger partial charge in [-0.2, -0.15) is 0 Å². The van der Waals surface area contributed by atoms with Crippen LogP contribution in [0, 0.1) is 0 Å². The molecule has 7 nitrogen and oxygen atoms in total. The van der Waals surface area contributed by atoms with Crippen LogP contribution < -0.4 is 10.5 Å². The molecule has 0 fully saturated rings. The van der Waals surface area contributed by atoms with Crippen LogP contribution in [0.1, 0.15) is 36.5 Å². The Morgan fingerprint density at radius 2 is 2.00 bits per heavy atom. The number of carboxylic acids is 1. The number of aliphatic carboxylic acids is 1. The van der Waals surface area contributed by atoms with Crippen LogP contribution in [0.25, 0.3) is 0 Å². The Bertz CT molecular complexity index is 640. The normalized spacial score (nSPS) is 11.1. The quantitative estimate of drug-likeness (QED) is 0.489. The highest BCUT2D eigenvalue weighted by molar-refractivity contribution is 7.89. The lowest BCUT2D eigenvalue weighted by Gasteiger charge is -2.11. The van der Waals surface area contributed by atoms with Gasteiger partial charge in [0.1, 0.15) is 4.90 Å². The molecule has 0 aromatic heterocycles. The molecule has 0 atom stereocenters. The van der Waals surface area contributed by atoms with E-state index in [0.29, 0.717) is 6.42 Å². The molecule has 0 amide bonds. The zero-order chi connectivity index (χ0) is 16.0. The summed E-state index contributed by atoms with van der Waals surface area (Å²) < 4.78 is 23.2. The third-order valence-electron chi connectivity index (χ3n) is 2.81. The van der Waals surface area contributed by atoms with Crippen LogP contribution in [-0.4, -0.2) is 31.8 Å². The topological polar surface area (TPSA) is 127 Å². The summed E-state index contributed by atoms with van der Waals surface area (Å²) in [4.78, 5) is 21.9. The van der Waals surface area contributed by atoms with Crippen LogP contribution in [-0.2, 0) is 14.8 Å². The van der Waals surface area contributed by atoms with Crippen molar-refractivity contribution in [2.45, 2.75) is 31.1 Å². The van der Waals surface area contributed by atoms with Gasteiger partial charge in [0.05, 0.1) is 5.69 Å². The first-order chi connectivity index (χ1) is 9.75. The molecule has 0 heterocycles. The maximum absolute atomic E-state index is 11.6. The molecule has 0 aliphatic heterocycles. The fraction of sp³-hybridized carbons (Fsp3) is 0.385. The van der Waals surface area contributed by atoms with Crippen LogP contribution in [0.2, 0.25) is 0 Å². The minimum atomic E-state index is -3.98. The number of anilines is 1. The molecule has 0 bridgehead atoms. The van der Waals surface area contributed by atoms with Crippen LogP contribution in [0.4, 0.5) is 5.69 Å². The van der Waals surface area contributed by atoms with Crippen molar-refractivity contribution >= 4 is 27.5 Å². The number of hydrogen-bond acceptors (Lipinski definition) is 5. The van der Waals surface area contributed by atoms with Gasteiger partial charge in [-0.15, -0.1) is 0 Å². The van der Waals surface area contributed by atoms with Gasteiger partial charge in [0.25, 0.3) is 0 Å². The van der Waals surface area contributed by atoms with E-state index in [1.54, 1.807) is 6.92 Å². The van der Waals surface area contributed by atoms with Crippen molar-refractivity contribution in [1.29, 1.82) is 0 Å². The summed E-state index contributed by atoms with van der Waals surface area (Å²) >= 11 is 0. The van der Waals surface area contributed by atoms with Gasteiger partial charge in [0.2, 0.25) is 10.0 Å². The summed E-state index contributed by atoms with van der Waals surface area (Å²) in [5, 5.41) is 16.5. The van der Waals surface area contributed by atoms with E-state index >= 15 is 0 Å². The van der Waals surface area contributed by atoms with Gasteiger partial charge >= 0.3 is 5.97 Å². The predicted molar refractivity (Wildman–Crippen MR) is 77.8 cm³/mol. The lowest BCUT2D eigenvalue weighted by Crippen LogP contribution is -2.16. The van der Waals surface area contributed by atoms with Crippen LogP contribution in [0.5, 0.6) is 0 Å². The van der Waals surface area contributed by atoms with E-state index in [1.807, 2.05) is 0 Å². The van der Waals surface area contributed by atoms with Gasteiger partial charge in [-0.25, -0.2) is 13.6 Å². The average Bonchev–Trinajstić information content (AvgIpc) is 2.41. The molecule has 21 heavy (non-hydrogen) atoms. The Balaban J connectivity index is 2.98. The minimum absolute atomic E-state index is 0.0237. The fourth-order valence-corrected chi connectivity index (χ4v) is 2.48. The monoisotopic (exact) mass is 314 g/mol. The van der Waals surface area contributed by atoms with Gasteiger partial charge in [0.15, 0.2) is 5.78 Å². The van der Waals surface area contributed by atoms with E-state index in [0.717, 1.165) is 0 Å². The first-order valence-electron chi connectivity index (χ1n) is 6.41. The molecule has 1 aromatic carbocycles. The highest BCUT2D eigenvalue weighted by Crippen LogP contribution is 2.22. The Kier molecular flexibility index (Phi) is 5.86. The molecule has 1 rings (SSSR count). The molecule has 4 N–H and O–H groups in total. The summed E-state index contributed by atoms with van der Waals surface area (Å²) in [7, 11) is -3.98. The molecule has 8 heteroatoms. The number of sulfonamides is 1. The molecule has 0 unspecified atom stereocenters. The van der Waals surface area contributed by atoms with Crippen LogP contribution in [0.15, 0.2) is 23.1 Å². The summed E-state index contributed by atoms with van der Waals surface area (Å²) in [6.07, 6.45) is 0.578. The predicted octanol–water partition coefficient (Wildman–Crippen LogP) is 1.20. The Labute approximate surface area is 123 Å². The first-order valence-corrected chi connectivity index (χ1v) is 7.96. The lowest BCUT2D eigenvalue weighted by molar-refractivity contribution is -0.137. The number of ketones is 1. The molecular formula is C13H18N2O5S. The summed E-state index contributed by atoms with van der Waals surface area (Å²) in [5.41, 5.74) is 0.535. The Morgan fingerprint density at radius 3 is 2.52 bits per heavy atom. The second kappa shape index (κ2) is 7.19. The standard InChI is InChI=1S/C13H18N2O5S/c1-2-11(16)9-5-6-10(12(8-9)21(14,19)20)15-7-3-4-13(17)18/h5-6,8,15H,2-4,7H2,1H3,(H,17,18)(H2,14,19,20). The van der Waals surface area contributed by atoms with Crippen LogP contribution >= 0.6 is 0 Å². The maximum atomic E-state index is 11.6. The number of carboxylic acid groups (broad SMARTS) is 1. The second-order valence-electron chi connectivity index (χ2n) is 4.46. The molecule has 0 aliphatic carbocycles. The Morgan fingerprint density at radius 1 is 1.33 bits per heavy atom. The van der Waals surface area contributed by atoms with Crippen molar-refractivity contribution in [3.63, 3.8) is 0 Å². The van der Waals surface area contributed by atoms with Gasteiger partial charge in [-0.05, 0) is 24.6 Å². The number of benzene rings is 1. The molecule has 0 saturated carbocycles. The third-order valence-corrected chi connectivity index (χ3v) is 3.76. The van der Waals surface area contributed by atoms with Crippen molar-refractivity contribution in [2.75, 3.05) is 11.9 Å². The van der Waals surface area contributed by atoms with E-state index in [-0.39, 0.29) is 41.3 Å².